The lowest BCUT2D eigenvalue weighted by molar-refractivity contribution is 0.107. The third-order valence-electron chi connectivity index (χ3n) is 3.01. The Labute approximate surface area is 132 Å². The average molecular weight is 314 g/mol. The van der Waals surface area contributed by atoms with E-state index in [0.29, 0.717) is 6.61 Å². The number of hydrogen-bond donors (Lipinski definition) is 0. The molecule has 0 aliphatic carbocycles. The summed E-state index contributed by atoms with van der Waals surface area (Å²) in [6.07, 6.45) is 1.33. The standard InChI is InChI=1S/C16H12ClN3O2/c17-16(21)15-10-18-20(19-15)13-6-8-14(9-7-13)22-11-12-4-2-1-3-5-12/h1-10H,11H2. The number of hydrogen-bond acceptors (Lipinski definition) is 4. The summed E-state index contributed by atoms with van der Waals surface area (Å²) in [5.74, 6) is 0.744. The second-order valence-corrected chi connectivity index (χ2v) is 4.90. The van der Waals surface area contributed by atoms with Crippen molar-refractivity contribution in [3.63, 3.8) is 0 Å². The molecule has 110 valence electrons. The Morgan fingerprint density at radius 3 is 2.45 bits per heavy atom. The molecule has 2 aromatic carbocycles. The molecule has 0 saturated heterocycles. The fraction of sp³-hybridized carbons (Fsp3) is 0.0625. The Bertz CT molecular complexity index is 770. The minimum atomic E-state index is -0.630. The van der Waals surface area contributed by atoms with Gasteiger partial charge in [-0.05, 0) is 41.4 Å². The molecular formula is C16H12ClN3O2. The predicted octanol–water partition coefficient (Wildman–Crippen LogP) is 3.23. The summed E-state index contributed by atoms with van der Waals surface area (Å²) in [5.41, 5.74) is 1.94. The highest BCUT2D eigenvalue weighted by Gasteiger charge is 2.08. The van der Waals surface area contributed by atoms with Gasteiger partial charge in [0.2, 0.25) is 0 Å². The molecule has 5 nitrogen and oxygen atoms in total. The van der Waals surface area contributed by atoms with Crippen LogP contribution in [0.15, 0.2) is 60.8 Å². The first-order chi connectivity index (χ1) is 10.7. The number of aromatic nitrogens is 3. The van der Waals surface area contributed by atoms with Gasteiger partial charge < -0.3 is 4.74 Å². The molecule has 0 radical (unpaired) electrons. The molecule has 0 N–H and O–H groups in total. The van der Waals surface area contributed by atoms with Crippen LogP contribution in [0.5, 0.6) is 5.75 Å². The van der Waals surface area contributed by atoms with Crippen molar-refractivity contribution < 1.29 is 9.53 Å². The summed E-state index contributed by atoms with van der Waals surface area (Å²) in [6.45, 7) is 0.505. The Kier molecular flexibility index (Phi) is 4.16. The maximum absolute atomic E-state index is 11.0. The van der Waals surface area contributed by atoms with E-state index in [1.165, 1.54) is 11.0 Å². The molecule has 0 saturated carbocycles. The smallest absolute Gasteiger partial charge is 0.274 e. The molecule has 1 aromatic heterocycles. The molecule has 3 rings (SSSR count). The molecule has 3 aromatic rings. The number of carbonyl (C=O) groups is 1. The minimum Gasteiger partial charge on any atom is -0.489 e. The molecule has 0 bridgehead atoms. The second kappa shape index (κ2) is 6.41. The zero-order valence-electron chi connectivity index (χ0n) is 11.5. The molecule has 1 heterocycles. The fourth-order valence-corrected chi connectivity index (χ4v) is 1.98. The summed E-state index contributed by atoms with van der Waals surface area (Å²) < 4.78 is 5.70. The summed E-state index contributed by atoms with van der Waals surface area (Å²) >= 11 is 5.35. The lowest BCUT2D eigenvalue weighted by atomic mass is 10.2. The third-order valence-corrected chi connectivity index (χ3v) is 3.20. The van der Waals surface area contributed by atoms with Crippen LogP contribution < -0.4 is 4.74 Å². The van der Waals surface area contributed by atoms with Crippen LogP contribution in [0.4, 0.5) is 0 Å². The summed E-state index contributed by atoms with van der Waals surface area (Å²) in [6, 6.07) is 17.2. The molecule has 22 heavy (non-hydrogen) atoms. The maximum atomic E-state index is 11.0. The SMILES string of the molecule is O=C(Cl)c1cnn(-c2ccc(OCc3ccccc3)cc2)n1. The molecule has 0 aliphatic heterocycles. The van der Waals surface area contributed by atoms with Gasteiger partial charge in [0.25, 0.3) is 5.24 Å². The summed E-state index contributed by atoms with van der Waals surface area (Å²) in [5, 5.41) is 7.35. The van der Waals surface area contributed by atoms with Gasteiger partial charge in [-0.15, -0.1) is 5.10 Å². The molecular weight excluding hydrogens is 302 g/mol. The van der Waals surface area contributed by atoms with E-state index < -0.39 is 5.24 Å². The zero-order valence-corrected chi connectivity index (χ0v) is 12.3. The van der Waals surface area contributed by atoms with Crippen molar-refractivity contribution in [1.29, 1.82) is 0 Å². The highest BCUT2D eigenvalue weighted by Crippen LogP contribution is 2.16. The normalized spacial score (nSPS) is 10.4. The molecule has 6 heteroatoms. The van der Waals surface area contributed by atoms with Gasteiger partial charge in [-0.25, -0.2) is 0 Å². The van der Waals surface area contributed by atoms with Crippen molar-refractivity contribution in [2.45, 2.75) is 6.61 Å². The van der Waals surface area contributed by atoms with Gasteiger partial charge in [0.1, 0.15) is 12.4 Å². The number of nitrogens with zero attached hydrogens (tertiary/aromatic N) is 3. The fourth-order valence-electron chi connectivity index (χ4n) is 1.89. The van der Waals surface area contributed by atoms with Crippen LogP contribution in [0.1, 0.15) is 16.1 Å². The minimum absolute atomic E-state index is 0.117. The topological polar surface area (TPSA) is 57.0 Å². The van der Waals surface area contributed by atoms with Crippen molar-refractivity contribution >= 4 is 16.8 Å². The molecule has 0 spiro atoms. The largest absolute Gasteiger partial charge is 0.489 e. The van der Waals surface area contributed by atoms with Crippen molar-refractivity contribution in [3.8, 4) is 11.4 Å². The van der Waals surface area contributed by atoms with E-state index in [1.807, 2.05) is 54.6 Å². The van der Waals surface area contributed by atoms with Gasteiger partial charge >= 0.3 is 0 Å². The molecule has 0 aliphatic rings. The second-order valence-electron chi connectivity index (χ2n) is 4.56. The van der Waals surface area contributed by atoms with E-state index >= 15 is 0 Å². The van der Waals surface area contributed by atoms with Crippen LogP contribution in [-0.4, -0.2) is 20.2 Å². The molecule has 0 atom stereocenters. The van der Waals surface area contributed by atoms with E-state index in [9.17, 15) is 4.79 Å². The Balaban J connectivity index is 1.68. The number of ether oxygens (including phenoxy) is 1. The molecule has 0 fully saturated rings. The van der Waals surface area contributed by atoms with E-state index in [0.717, 1.165) is 17.0 Å². The van der Waals surface area contributed by atoms with Gasteiger partial charge in [-0.2, -0.15) is 9.90 Å². The van der Waals surface area contributed by atoms with Gasteiger partial charge in [0.15, 0.2) is 5.69 Å². The van der Waals surface area contributed by atoms with Crippen LogP contribution in [0.25, 0.3) is 5.69 Å². The monoisotopic (exact) mass is 313 g/mol. The number of carbonyl (C=O) groups excluding carboxylic acids is 1. The summed E-state index contributed by atoms with van der Waals surface area (Å²) in [4.78, 5) is 12.3. The van der Waals surface area contributed by atoms with Crippen LogP contribution in [-0.2, 0) is 6.61 Å². The van der Waals surface area contributed by atoms with Crippen LogP contribution in [0.3, 0.4) is 0 Å². The van der Waals surface area contributed by atoms with Crippen molar-refractivity contribution in [2.24, 2.45) is 0 Å². The zero-order chi connectivity index (χ0) is 15.4. The lowest BCUT2D eigenvalue weighted by Gasteiger charge is -2.07. The molecule has 0 unspecified atom stereocenters. The Morgan fingerprint density at radius 2 is 1.82 bits per heavy atom. The van der Waals surface area contributed by atoms with Crippen LogP contribution in [0.2, 0.25) is 0 Å². The van der Waals surface area contributed by atoms with Crippen molar-refractivity contribution in [2.75, 3.05) is 0 Å². The summed E-state index contributed by atoms with van der Waals surface area (Å²) in [7, 11) is 0. The van der Waals surface area contributed by atoms with Crippen molar-refractivity contribution in [1.82, 2.24) is 15.0 Å². The lowest BCUT2D eigenvalue weighted by Crippen LogP contribution is -2.00. The van der Waals surface area contributed by atoms with Gasteiger partial charge in [-0.3, -0.25) is 4.79 Å². The van der Waals surface area contributed by atoms with Crippen LogP contribution >= 0.6 is 11.6 Å². The quantitative estimate of drug-likeness (QED) is 0.679. The Hall–Kier alpha value is -2.66. The first-order valence-electron chi connectivity index (χ1n) is 6.62. The average Bonchev–Trinajstić information content (AvgIpc) is 3.05. The first kappa shape index (κ1) is 14.3. The van der Waals surface area contributed by atoms with Crippen LogP contribution in [0, 0.1) is 0 Å². The third kappa shape index (κ3) is 3.32. The number of halogens is 1. The van der Waals surface area contributed by atoms with E-state index in [2.05, 4.69) is 10.2 Å². The number of rotatable bonds is 5. The highest BCUT2D eigenvalue weighted by molar-refractivity contribution is 6.67. The van der Waals surface area contributed by atoms with E-state index in [1.54, 1.807) is 0 Å². The highest BCUT2D eigenvalue weighted by atomic mass is 35.5. The van der Waals surface area contributed by atoms with Gasteiger partial charge in [-0.1, -0.05) is 30.3 Å². The maximum Gasteiger partial charge on any atom is 0.274 e. The van der Waals surface area contributed by atoms with E-state index in [-0.39, 0.29) is 5.69 Å². The van der Waals surface area contributed by atoms with Gasteiger partial charge in [0, 0.05) is 0 Å². The van der Waals surface area contributed by atoms with E-state index in [4.69, 9.17) is 16.3 Å². The van der Waals surface area contributed by atoms with Gasteiger partial charge in [0.05, 0.1) is 11.9 Å². The number of benzene rings is 2. The Morgan fingerprint density at radius 1 is 1.09 bits per heavy atom. The van der Waals surface area contributed by atoms with Crippen molar-refractivity contribution in [3.05, 3.63) is 72.1 Å². The first-order valence-corrected chi connectivity index (χ1v) is 6.99. The predicted molar refractivity (Wildman–Crippen MR) is 82.3 cm³/mol. The molecule has 0 amide bonds.